The lowest BCUT2D eigenvalue weighted by Crippen LogP contribution is -2.46. The zero-order valence-electron chi connectivity index (χ0n) is 13.0. The summed E-state index contributed by atoms with van der Waals surface area (Å²) in [5.41, 5.74) is 1.86. The third-order valence-corrected chi connectivity index (χ3v) is 4.32. The Hall–Kier alpha value is -2.14. The minimum absolute atomic E-state index is 0.126. The number of rotatable bonds is 3. The second-order valence-electron chi connectivity index (χ2n) is 5.69. The van der Waals surface area contributed by atoms with E-state index in [1.54, 1.807) is 0 Å². The number of carbonyl (C=O) groups is 1. The number of aryl methyl sites for hydroxylation is 1. The van der Waals surface area contributed by atoms with Gasteiger partial charge in [0.05, 0.1) is 5.69 Å². The van der Waals surface area contributed by atoms with Crippen LogP contribution < -0.4 is 10.5 Å². The molecule has 1 aromatic carbocycles. The van der Waals surface area contributed by atoms with Gasteiger partial charge in [-0.2, -0.15) is 0 Å². The first-order valence-corrected chi connectivity index (χ1v) is 7.64. The lowest BCUT2D eigenvalue weighted by Gasteiger charge is -2.36. The van der Waals surface area contributed by atoms with Crippen molar-refractivity contribution in [1.29, 1.82) is 0 Å². The Kier molecular flexibility index (Phi) is 3.98. The summed E-state index contributed by atoms with van der Waals surface area (Å²) in [6.07, 6.45) is 0.618. The fourth-order valence-electron chi connectivity index (χ4n) is 3.04. The van der Waals surface area contributed by atoms with E-state index in [4.69, 9.17) is 4.42 Å². The van der Waals surface area contributed by atoms with E-state index in [0.717, 1.165) is 49.4 Å². The van der Waals surface area contributed by atoms with Crippen LogP contribution in [0, 0.1) is 6.92 Å². The van der Waals surface area contributed by atoms with Gasteiger partial charge in [-0.1, -0.05) is 13.0 Å². The molecule has 0 amide bonds. The van der Waals surface area contributed by atoms with E-state index in [-0.39, 0.29) is 5.56 Å². The molecular weight excluding hydrogens is 280 g/mol. The molecule has 3 rings (SSSR count). The first-order chi connectivity index (χ1) is 10.6. The van der Waals surface area contributed by atoms with Crippen LogP contribution >= 0.6 is 0 Å². The van der Waals surface area contributed by atoms with Crippen molar-refractivity contribution in [3.8, 4) is 0 Å². The van der Waals surface area contributed by atoms with Gasteiger partial charge in [-0.05, 0) is 31.2 Å². The maximum atomic E-state index is 12.1. The summed E-state index contributed by atoms with van der Waals surface area (Å²) in [6.45, 7) is 8.59. The molecule has 0 radical (unpaired) electrons. The van der Waals surface area contributed by atoms with Crippen LogP contribution in [-0.4, -0.2) is 43.9 Å². The number of hydrogen-bond acceptors (Lipinski definition) is 5. The topological polar surface area (TPSA) is 53.8 Å². The van der Waals surface area contributed by atoms with Crippen LogP contribution in [0.3, 0.4) is 0 Å². The summed E-state index contributed by atoms with van der Waals surface area (Å²) in [5.74, 6) is 0. The molecule has 5 nitrogen and oxygen atoms in total. The zero-order chi connectivity index (χ0) is 15.7. The van der Waals surface area contributed by atoms with Gasteiger partial charge in [-0.15, -0.1) is 0 Å². The highest BCUT2D eigenvalue weighted by molar-refractivity contribution is 5.99. The second kappa shape index (κ2) is 5.93. The first-order valence-electron chi connectivity index (χ1n) is 7.64. The lowest BCUT2D eigenvalue weighted by molar-refractivity contribution is 0.112. The molecule has 22 heavy (non-hydrogen) atoms. The third kappa shape index (κ3) is 2.52. The molecule has 0 N–H and O–H groups in total. The molecule has 1 aromatic heterocycles. The number of nitrogens with zero attached hydrogens (tertiary/aromatic N) is 2. The molecule has 5 heteroatoms. The van der Waals surface area contributed by atoms with Crippen molar-refractivity contribution < 1.29 is 9.21 Å². The van der Waals surface area contributed by atoms with E-state index in [9.17, 15) is 9.59 Å². The highest BCUT2D eigenvalue weighted by atomic mass is 16.4. The average Bonchev–Trinajstić information content (AvgIpc) is 2.53. The molecule has 1 aliphatic heterocycles. The van der Waals surface area contributed by atoms with Crippen LogP contribution in [0.4, 0.5) is 5.69 Å². The smallest absolute Gasteiger partial charge is 0.349 e. The van der Waals surface area contributed by atoms with E-state index >= 15 is 0 Å². The summed E-state index contributed by atoms with van der Waals surface area (Å²) >= 11 is 0. The standard InChI is InChI=1S/C17H20N2O3/c1-3-18-6-8-19(9-7-18)16-13-5-4-12(2)10-15(13)22-17(21)14(16)11-20/h4-5,10-11H,3,6-9H2,1-2H3. The maximum absolute atomic E-state index is 12.1. The van der Waals surface area contributed by atoms with Crippen molar-refractivity contribution >= 4 is 22.9 Å². The van der Waals surface area contributed by atoms with E-state index < -0.39 is 5.63 Å². The molecule has 0 bridgehead atoms. The molecule has 0 saturated carbocycles. The number of piperazine rings is 1. The van der Waals surface area contributed by atoms with Crippen molar-refractivity contribution in [1.82, 2.24) is 4.90 Å². The highest BCUT2D eigenvalue weighted by Gasteiger charge is 2.23. The fourth-order valence-corrected chi connectivity index (χ4v) is 3.04. The Balaban J connectivity index is 2.14. The molecule has 1 aliphatic rings. The predicted molar refractivity (Wildman–Crippen MR) is 86.9 cm³/mol. The summed E-state index contributed by atoms with van der Waals surface area (Å²) in [6, 6.07) is 5.75. The first kappa shape index (κ1) is 14.8. The van der Waals surface area contributed by atoms with Crippen LogP contribution in [-0.2, 0) is 0 Å². The quantitative estimate of drug-likeness (QED) is 0.641. The summed E-state index contributed by atoms with van der Waals surface area (Å²) in [4.78, 5) is 28.0. The third-order valence-electron chi connectivity index (χ3n) is 4.32. The summed E-state index contributed by atoms with van der Waals surface area (Å²) < 4.78 is 5.31. The Morgan fingerprint density at radius 1 is 1.23 bits per heavy atom. The number of hydrogen-bond donors (Lipinski definition) is 0. The van der Waals surface area contributed by atoms with Gasteiger partial charge in [-0.3, -0.25) is 4.79 Å². The van der Waals surface area contributed by atoms with Crippen LogP contribution in [0.2, 0.25) is 0 Å². The number of benzene rings is 1. The monoisotopic (exact) mass is 300 g/mol. The molecule has 0 unspecified atom stereocenters. The molecule has 0 aliphatic carbocycles. The van der Waals surface area contributed by atoms with Gasteiger partial charge in [0.15, 0.2) is 6.29 Å². The van der Waals surface area contributed by atoms with Gasteiger partial charge in [0.2, 0.25) is 0 Å². The van der Waals surface area contributed by atoms with Gasteiger partial charge in [0.25, 0.3) is 0 Å². The minimum Gasteiger partial charge on any atom is -0.422 e. The highest BCUT2D eigenvalue weighted by Crippen LogP contribution is 2.29. The molecule has 0 atom stereocenters. The maximum Gasteiger partial charge on any atom is 0.349 e. The van der Waals surface area contributed by atoms with Crippen molar-refractivity contribution in [3.05, 3.63) is 39.7 Å². The van der Waals surface area contributed by atoms with E-state index in [0.29, 0.717) is 11.9 Å². The van der Waals surface area contributed by atoms with Crippen LogP contribution in [0.15, 0.2) is 27.4 Å². The average molecular weight is 300 g/mol. The van der Waals surface area contributed by atoms with Gasteiger partial charge in [0.1, 0.15) is 11.1 Å². The predicted octanol–water partition coefficient (Wildman–Crippen LogP) is 2.06. The van der Waals surface area contributed by atoms with Crippen LogP contribution in [0.1, 0.15) is 22.8 Å². The zero-order valence-corrected chi connectivity index (χ0v) is 13.0. The van der Waals surface area contributed by atoms with Crippen molar-refractivity contribution in [2.24, 2.45) is 0 Å². The van der Waals surface area contributed by atoms with Gasteiger partial charge in [-0.25, -0.2) is 4.79 Å². The van der Waals surface area contributed by atoms with Crippen molar-refractivity contribution in [2.45, 2.75) is 13.8 Å². The molecule has 1 saturated heterocycles. The lowest BCUT2D eigenvalue weighted by atomic mass is 10.1. The van der Waals surface area contributed by atoms with E-state index in [2.05, 4.69) is 16.7 Å². The molecule has 1 fully saturated rings. The number of carbonyl (C=O) groups excluding carboxylic acids is 1. The van der Waals surface area contributed by atoms with E-state index in [1.807, 2.05) is 25.1 Å². The fraction of sp³-hybridized carbons (Fsp3) is 0.412. The largest absolute Gasteiger partial charge is 0.422 e. The summed E-state index contributed by atoms with van der Waals surface area (Å²) in [7, 11) is 0. The Bertz CT molecular complexity index is 758. The van der Waals surface area contributed by atoms with E-state index in [1.165, 1.54) is 0 Å². The number of aldehydes is 1. The number of likely N-dealkylation sites (N-methyl/N-ethyl adjacent to an activating group) is 1. The Morgan fingerprint density at radius 3 is 2.59 bits per heavy atom. The molecule has 0 spiro atoms. The van der Waals surface area contributed by atoms with Crippen LogP contribution in [0.25, 0.3) is 11.0 Å². The summed E-state index contributed by atoms with van der Waals surface area (Å²) in [5, 5.41) is 0.831. The molecule has 2 heterocycles. The van der Waals surface area contributed by atoms with Gasteiger partial charge >= 0.3 is 5.63 Å². The minimum atomic E-state index is -0.555. The molecule has 116 valence electrons. The number of fused-ring (bicyclic) bond motifs is 1. The Morgan fingerprint density at radius 2 is 1.95 bits per heavy atom. The number of anilines is 1. The SMILES string of the molecule is CCN1CCN(c2c(C=O)c(=O)oc3cc(C)ccc23)CC1. The second-order valence-corrected chi connectivity index (χ2v) is 5.69. The molecule has 2 aromatic rings. The van der Waals surface area contributed by atoms with Crippen molar-refractivity contribution in [2.75, 3.05) is 37.6 Å². The van der Waals surface area contributed by atoms with Gasteiger partial charge in [0, 0.05) is 31.6 Å². The Labute approximate surface area is 129 Å². The van der Waals surface area contributed by atoms with Crippen LogP contribution in [0.5, 0.6) is 0 Å². The molecular formula is C17H20N2O3. The van der Waals surface area contributed by atoms with Crippen molar-refractivity contribution in [3.63, 3.8) is 0 Å². The van der Waals surface area contributed by atoms with Gasteiger partial charge < -0.3 is 14.2 Å². The normalized spacial score (nSPS) is 16.2.